The number of pyridine rings is 1. The van der Waals surface area contributed by atoms with Crippen molar-refractivity contribution < 1.29 is 19.4 Å². The zero-order valence-electron chi connectivity index (χ0n) is 21.1. The Labute approximate surface area is 214 Å². The summed E-state index contributed by atoms with van der Waals surface area (Å²) in [7, 11) is 1.62. The third kappa shape index (κ3) is 5.50. The van der Waals surface area contributed by atoms with Crippen LogP contribution in [0, 0.1) is 6.92 Å². The van der Waals surface area contributed by atoms with Crippen LogP contribution in [0.25, 0.3) is 10.6 Å². The van der Waals surface area contributed by atoms with E-state index in [4.69, 9.17) is 9.47 Å². The van der Waals surface area contributed by atoms with Gasteiger partial charge in [-0.25, -0.2) is 0 Å². The highest BCUT2D eigenvalue weighted by Crippen LogP contribution is 2.32. The molecule has 10 heteroatoms. The Hall–Kier alpha value is -3.08. The molecule has 36 heavy (non-hydrogen) atoms. The molecule has 4 rings (SSSR count). The minimum Gasteiger partial charge on any atom is -0.503 e. The van der Waals surface area contributed by atoms with Crippen LogP contribution < -0.4 is 5.43 Å². The first-order valence-corrected chi connectivity index (χ1v) is 12.9. The number of hydrogen-bond acceptors (Lipinski definition) is 8. The van der Waals surface area contributed by atoms with E-state index < -0.39 is 11.2 Å². The summed E-state index contributed by atoms with van der Waals surface area (Å²) in [6.45, 7) is 7.74. The fraction of sp³-hybridized carbons (Fsp3) is 0.462. The van der Waals surface area contributed by atoms with Crippen molar-refractivity contribution in [2.24, 2.45) is 0 Å². The van der Waals surface area contributed by atoms with Crippen LogP contribution in [-0.2, 0) is 15.9 Å². The number of nitrogens with zero attached hydrogens (tertiary/aromatic N) is 4. The molecule has 0 saturated carbocycles. The molecular weight excluding hydrogens is 480 g/mol. The maximum absolute atomic E-state index is 13.2. The second kappa shape index (κ2) is 11.3. The molecule has 192 valence electrons. The van der Waals surface area contributed by atoms with E-state index in [1.807, 2.05) is 45.0 Å². The van der Waals surface area contributed by atoms with Gasteiger partial charge in [0.15, 0.2) is 16.5 Å². The summed E-state index contributed by atoms with van der Waals surface area (Å²) >= 11 is 1.31. The van der Waals surface area contributed by atoms with Gasteiger partial charge in [-0.1, -0.05) is 41.2 Å². The Morgan fingerprint density at radius 1 is 1.14 bits per heavy atom. The van der Waals surface area contributed by atoms with Crippen molar-refractivity contribution in [1.82, 2.24) is 19.7 Å². The molecule has 1 amide bonds. The molecule has 0 radical (unpaired) electrons. The third-order valence-corrected chi connectivity index (χ3v) is 7.25. The van der Waals surface area contributed by atoms with Gasteiger partial charge in [-0.2, -0.15) is 0 Å². The van der Waals surface area contributed by atoms with Crippen molar-refractivity contribution >= 4 is 17.2 Å². The van der Waals surface area contributed by atoms with Crippen LogP contribution in [-0.4, -0.2) is 70.2 Å². The van der Waals surface area contributed by atoms with Gasteiger partial charge in [0.25, 0.3) is 5.91 Å². The number of rotatable bonds is 10. The van der Waals surface area contributed by atoms with Gasteiger partial charge in [-0.3, -0.25) is 9.59 Å². The van der Waals surface area contributed by atoms with Crippen molar-refractivity contribution in [2.45, 2.75) is 45.7 Å². The van der Waals surface area contributed by atoms with Crippen molar-refractivity contribution in [3.63, 3.8) is 0 Å². The average molecular weight is 513 g/mol. The number of amides is 1. The molecule has 0 bridgehead atoms. The Bertz CT molecular complexity index is 1270. The first-order chi connectivity index (χ1) is 17.3. The van der Waals surface area contributed by atoms with Crippen LogP contribution in [0.15, 0.2) is 35.3 Å². The molecule has 3 heterocycles. The lowest BCUT2D eigenvalue weighted by molar-refractivity contribution is 0.0473. The van der Waals surface area contributed by atoms with E-state index in [9.17, 15) is 14.7 Å². The zero-order valence-corrected chi connectivity index (χ0v) is 21.9. The topological polar surface area (TPSA) is 107 Å². The van der Waals surface area contributed by atoms with Gasteiger partial charge in [0, 0.05) is 38.9 Å². The lowest BCUT2D eigenvalue weighted by Crippen LogP contribution is -2.47. The van der Waals surface area contributed by atoms with E-state index in [1.54, 1.807) is 22.8 Å². The summed E-state index contributed by atoms with van der Waals surface area (Å²) in [5, 5.41) is 20.6. The lowest BCUT2D eigenvalue weighted by atomic mass is 10.0. The lowest BCUT2D eigenvalue weighted by Gasteiger charge is -2.38. The van der Waals surface area contributed by atoms with E-state index in [0.29, 0.717) is 44.2 Å². The first kappa shape index (κ1) is 26.0. The molecule has 1 aliphatic rings. The normalized spacial score (nSPS) is 15.5. The molecule has 3 aromatic rings. The molecule has 2 aromatic heterocycles. The summed E-state index contributed by atoms with van der Waals surface area (Å²) < 4.78 is 12.4. The summed E-state index contributed by atoms with van der Waals surface area (Å²) in [6.07, 6.45) is 2.84. The number of methoxy groups -OCH3 is 1. The number of ether oxygens (including phenoxy) is 2. The quantitative estimate of drug-likeness (QED) is 0.415. The molecule has 9 nitrogen and oxygen atoms in total. The first-order valence-electron chi connectivity index (χ1n) is 12.0. The minimum absolute atomic E-state index is 0.00925. The third-order valence-electron chi connectivity index (χ3n) is 6.30. The number of hydrogen-bond donors (Lipinski definition) is 1. The van der Waals surface area contributed by atoms with Gasteiger partial charge in [-0.05, 0) is 32.8 Å². The molecule has 1 aliphatic heterocycles. The molecule has 1 aromatic carbocycles. The van der Waals surface area contributed by atoms with Crippen LogP contribution in [0.4, 0.5) is 0 Å². The smallest absolute Gasteiger partial charge is 0.274 e. The van der Waals surface area contributed by atoms with Crippen molar-refractivity contribution in [3.05, 3.63) is 62.5 Å². The van der Waals surface area contributed by atoms with E-state index in [-0.39, 0.29) is 29.2 Å². The second-order valence-electron chi connectivity index (χ2n) is 9.24. The average Bonchev–Trinajstić information content (AvgIpc) is 3.31. The Kier molecular flexibility index (Phi) is 8.17. The highest BCUT2D eigenvalue weighted by molar-refractivity contribution is 7.14. The van der Waals surface area contributed by atoms with E-state index in [2.05, 4.69) is 10.2 Å². The van der Waals surface area contributed by atoms with Crippen LogP contribution in [0.2, 0.25) is 0 Å². The standard InChI is InChI=1S/C26H32N4O5S/c1-16(2)29-14-19(9-10-35-12-11-34-4)30-15-20(23(31)24(32)22(30)26(29)33)25-28-27-21(36-25)13-18-7-5-17(3)6-8-18/h5-8,15-16,19,32H,9-14H2,1-4H3/t19-/m0/s1. The molecule has 0 fully saturated rings. The predicted octanol–water partition coefficient (Wildman–Crippen LogP) is 3.43. The molecule has 0 spiro atoms. The SMILES string of the molecule is COCCOCC[C@H]1CN(C(C)C)C(=O)c2c(O)c(=O)c(-c3nnc(Cc4ccc(C)cc4)s3)cn21. The van der Waals surface area contributed by atoms with Crippen LogP contribution in [0.3, 0.4) is 0 Å². The zero-order chi connectivity index (χ0) is 25.8. The van der Waals surface area contributed by atoms with E-state index in [0.717, 1.165) is 10.6 Å². The van der Waals surface area contributed by atoms with Crippen molar-refractivity contribution in [3.8, 4) is 16.3 Å². The summed E-state index contributed by atoms with van der Waals surface area (Å²) in [5.74, 6) is -0.913. The molecule has 1 atom stereocenters. The maximum atomic E-state index is 13.2. The van der Waals surface area contributed by atoms with Gasteiger partial charge >= 0.3 is 0 Å². The molecular formula is C26H32N4O5S. The molecule has 0 aliphatic carbocycles. The minimum atomic E-state index is -0.617. The van der Waals surface area contributed by atoms with Crippen LogP contribution >= 0.6 is 11.3 Å². The maximum Gasteiger partial charge on any atom is 0.274 e. The number of aryl methyl sites for hydroxylation is 1. The number of carbonyl (C=O) groups is 1. The molecule has 0 unspecified atom stereocenters. The molecule has 1 N–H and O–H groups in total. The largest absolute Gasteiger partial charge is 0.503 e. The Morgan fingerprint density at radius 2 is 1.89 bits per heavy atom. The predicted molar refractivity (Wildman–Crippen MR) is 138 cm³/mol. The monoisotopic (exact) mass is 512 g/mol. The highest BCUT2D eigenvalue weighted by atomic mass is 32.1. The highest BCUT2D eigenvalue weighted by Gasteiger charge is 2.36. The summed E-state index contributed by atoms with van der Waals surface area (Å²) in [6, 6.07) is 7.92. The Balaban J connectivity index is 1.66. The van der Waals surface area contributed by atoms with E-state index in [1.165, 1.54) is 16.9 Å². The van der Waals surface area contributed by atoms with Gasteiger partial charge in [0.2, 0.25) is 5.43 Å². The van der Waals surface area contributed by atoms with Gasteiger partial charge in [0.1, 0.15) is 5.01 Å². The van der Waals surface area contributed by atoms with Crippen molar-refractivity contribution in [1.29, 1.82) is 0 Å². The summed E-state index contributed by atoms with van der Waals surface area (Å²) in [4.78, 5) is 28.1. The fourth-order valence-electron chi connectivity index (χ4n) is 4.26. The number of aromatic nitrogens is 3. The van der Waals surface area contributed by atoms with Crippen LogP contribution in [0.1, 0.15) is 52.9 Å². The van der Waals surface area contributed by atoms with Gasteiger partial charge in [0.05, 0.1) is 24.8 Å². The molecule has 0 saturated heterocycles. The summed E-state index contributed by atoms with van der Waals surface area (Å²) in [5.41, 5.74) is 1.91. The van der Waals surface area contributed by atoms with E-state index >= 15 is 0 Å². The second-order valence-corrected chi connectivity index (χ2v) is 10.3. The number of fused-ring (bicyclic) bond motifs is 1. The van der Waals surface area contributed by atoms with Gasteiger partial charge < -0.3 is 24.0 Å². The number of aromatic hydroxyl groups is 1. The van der Waals surface area contributed by atoms with Crippen LogP contribution in [0.5, 0.6) is 5.75 Å². The fourth-order valence-corrected chi connectivity index (χ4v) is 5.14. The number of benzene rings is 1. The Morgan fingerprint density at radius 3 is 2.58 bits per heavy atom. The van der Waals surface area contributed by atoms with Gasteiger partial charge in [-0.15, -0.1) is 10.2 Å². The number of carbonyl (C=O) groups excluding carboxylic acids is 1. The van der Waals surface area contributed by atoms with Crippen molar-refractivity contribution in [2.75, 3.05) is 33.5 Å².